The van der Waals surface area contributed by atoms with Gasteiger partial charge in [0.25, 0.3) is 0 Å². The van der Waals surface area contributed by atoms with Crippen LogP contribution in [0.1, 0.15) is 40.0 Å². The van der Waals surface area contributed by atoms with Crippen molar-refractivity contribution in [2.24, 2.45) is 11.3 Å². The SMILES string of the molecule is CC1(C)CC(=O)C2=C(C1)Nc1c(O)cccc1N(C(=O)CC(=O)O)[C@H]2C1C=CC(Oc2ccccc2Br)=C[C@]1(C)Cl. The number of anilines is 2. The van der Waals surface area contributed by atoms with E-state index in [4.69, 9.17) is 16.3 Å². The molecule has 0 radical (unpaired) electrons. The third-order valence-electron chi connectivity index (χ3n) is 7.57. The van der Waals surface area contributed by atoms with Crippen molar-refractivity contribution in [3.05, 3.63) is 82.2 Å². The molecule has 0 fully saturated rings. The van der Waals surface area contributed by atoms with Gasteiger partial charge in [-0.3, -0.25) is 14.4 Å². The molecule has 41 heavy (non-hydrogen) atoms. The molecule has 2 aromatic carbocycles. The van der Waals surface area contributed by atoms with Gasteiger partial charge in [-0.05, 0) is 71.1 Å². The third-order valence-corrected chi connectivity index (χ3v) is 8.59. The number of allylic oxidation sites excluding steroid dienone is 3. The highest BCUT2D eigenvalue weighted by Gasteiger charge is 2.50. The minimum absolute atomic E-state index is 0.129. The maximum Gasteiger partial charge on any atom is 0.312 e. The molecule has 3 N–H and O–H groups in total. The summed E-state index contributed by atoms with van der Waals surface area (Å²) in [5, 5.41) is 23.7. The topological polar surface area (TPSA) is 116 Å². The predicted molar refractivity (Wildman–Crippen MR) is 160 cm³/mol. The summed E-state index contributed by atoms with van der Waals surface area (Å²) >= 11 is 10.7. The van der Waals surface area contributed by atoms with E-state index in [2.05, 4.69) is 21.2 Å². The van der Waals surface area contributed by atoms with E-state index in [1.165, 1.54) is 11.0 Å². The number of alkyl halides is 1. The standard InChI is InChI=1S/C31H30BrClN2O6/c1-30(2)15-20-27(23(37)16-30)29(35(25(38)13-26(39)40)21-8-6-9-22(36)28(21)34-20)18-12-11-17(14-31(18,3)33)41-24-10-5-4-7-19(24)32/h4-12,14,18,29,34,36H,13,15-16H2,1-3H3,(H,39,40)/t18?,29-,31-/m0/s1. The van der Waals surface area contributed by atoms with Gasteiger partial charge in [0.15, 0.2) is 5.78 Å². The largest absolute Gasteiger partial charge is 0.506 e. The Balaban J connectivity index is 1.68. The normalized spacial score (nSPS) is 25.0. The molecular formula is C31H30BrClN2O6. The molecule has 0 aromatic heterocycles. The minimum atomic E-state index is -1.31. The van der Waals surface area contributed by atoms with E-state index in [1.54, 1.807) is 37.3 Å². The van der Waals surface area contributed by atoms with Crippen LogP contribution in [-0.2, 0) is 14.4 Å². The first-order chi connectivity index (χ1) is 19.3. The smallest absolute Gasteiger partial charge is 0.312 e. The lowest BCUT2D eigenvalue weighted by molar-refractivity contribution is -0.140. The number of carbonyl (C=O) groups is 3. The van der Waals surface area contributed by atoms with Crippen molar-refractivity contribution in [2.45, 2.75) is 50.9 Å². The lowest BCUT2D eigenvalue weighted by Crippen LogP contribution is -2.53. The number of carboxylic acids is 1. The van der Waals surface area contributed by atoms with Gasteiger partial charge in [0.2, 0.25) is 5.91 Å². The van der Waals surface area contributed by atoms with E-state index in [0.29, 0.717) is 29.2 Å². The fourth-order valence-electron chi connectivity index (χ4n) is 5.86. The number of Topliss-reactive ketones (excluding diaryl/α,β-unsaturated/α-hetero) is 1. The zero-order chi connectivity index (χ0) is 29.7. The number of phenolic OH excluding ortho intramolecular Hbond substituents is 1. The molecule has 0 saturated carbocycles. The average Bonchev–Trinajstić information content (AvgIpc) is 2.99. The predicted octanol–water partition coefficient (Wildman–Crippen LogP) is 6.55. The fourth-order valence-corrected chi connectivity index (χ4v) is 6.53. The first-order valence-electron chi connectivity index (χ1n) is 13.2. The molecule has 214 valence electrons. The Hall–Kier alpha value is -3.56. The molecule has 8 nitrogen and oxygen atoms in total. The number of benzene rings is 2. The van der Waals surface area contributed by atoms with Crippen LogP contribution in [0, 0.1) is 11.3 Å². The number of hydrogen-bond donors (Lipinski definition) is 3. The second-order valence-electron chi connectivity index (χ2n) is 11.5. The summed E-state index contributed by atoms with van der Waals surface area (Å²) in [6.45, 7) is 5.73. The number of rotatable bonds is 5. The molecule has 1 amide bonds. The molecule has 0 spiro atoms. The van der Waals surface area contributed by atoms with Crippen molar-refractivity contribution in [2.75, 3.05) is 10.2 Å². The number of hydrogen-bond acceptors (Lipinski definition) is 6. The fraction of sp³-hybridized carbons (Fsp3) is 0.323. The molecule has 0 saturated heterocycles. The summed E-state index contributed by atoms with van der Waals surface area (Å²) in [6.07, 6.45) is 5.17. The Labute approximate surface area is 251 Å². The second kappa shape index (κ2) is 10.7. The minimum Gasteiger partial charge on any atom is -0.506 e. The molecule has 1 aliphatic heterocycles. The quantitative estimate of drug-likeness (QED) is 0.193. The molecule has 2 aliphatic carbocycles. The number of carbonyl (C=O) groups excluding carboxylic acids is 2. The number of fused-ring (bicyclic) bond motifs is 1. The number of ether oxygens (including phenoxy) is 1. The van der Waals surface area contributed by atoms with Crippen LogP contribution in [0.15, 0.2) is 82.2 Å². The molecule has 3 aliphatic rings. The van der Waals surface area contributed by atoms with Crippen molar-refractivity contribution >= 4 is 56.6 Å². The van der Waals surface area contributed by atoms with Crippen LogP contribution in [0.3, 0.4) is 0 Å². The van der Waals surface area contributed by atoms with Crippen molar-refractivity contribution in [1.82, 2.24) is 0 Å². The molecule has 1 unspecified atom stereocenters. The van der Waals surface area contributed by atoms with Gasteiger partial charge in [0.1, 0.15) is 29.4 Å². The maximum atomic E-state index is 13.9. The molecular weight excluding hydrogens is 612 g/mol. The number of amides is 1. The molecule has 10 heteroatoms. The highest BCUT2D eigenvalue weighted by atomic mass is 79.9. The van der Waals surface area contributed by atoms with E-state index in [9.17, 15) is 24.6 Å². The van der Waals surface area contributed by atoms with Crippen LogP contribution >= 0.6 is 27.5 Å². The third kappa shape index (κ3) is 5.65. The molecule has 5 rings (SSSR count). The van der Waals surface area contributed by atoms with E-state index >= 15 is 0 Å². The number of aliphatic carboxylic acids is 1. The van der Waals surface area contributed by atoms with Crippen molar-refractivity contribution in [3.63, 3.8) is 0 Å². The zero-order valence-corrected chi connectivity index (χ0v) is 25.1. The van der Waals surface area contributed by atoms with Gasteiger partial charge in [0.05, 0.1) is 21.1 Å². The van der Waals surface area contributed by atoms with Crippen LogP contribution in [0.25, 0.3) is 0 Å². The number of carboxylic acid groups (broad SMARTS) is 1. The Morgan fingerprint density at radius 2 is 1.88 bits per heavy atom. The number of halogens is 2. The van der Waals surface area contributed by atoms with E-state index in [0.717, 1.165) is 4.47 Å². The van der Waals surface area contributed by atoms with Crippen LogP contribution in [0.2, 0.25) is 0 Å². The Kier molecular flexibility index (Phi) is 7.55. The second-order valence-corrected chi connectivity index (χ2v) is 13.2. The lowest BCUT2D eigenvalue weighted by atomic mass is 9.70. The number of nitrogens with one attached hydrogen (secondary N) is 1. The van der Waals surface area contributed by atoms with Crippen molar-refractivity contribution in [3.8, 4) is 11.5 Å². The van der Waals surface area contributed by atoms with Crippen LogP contribution in [0.4, 0.5) is 11.4 Å². The number of aromatic hydroxyl groups is 1. The lowest BCUT2D eigenvalue weighted by Gasteiger charge is -2.44. The van der Waals surface area contributed by atoms with Gasteiger partial charge in [-0.1, -0.05) is 38.1 Å². The first kappa shape index (κ1) is 29.0. The van der Waals surface area contributed by atoms with E-state index < -0.39 is 35.1 Å². The summed E-state index contributed by atoms with van der Waals surface area (Å²) in [4.78, 5) is 39.5. The van der Waals surface area contributed by atoms with Gasteiger partial charge in [-0.2, -0.15) is 0 Å². The highest BCUT2D eigenvalue weighted by molar-refractivity contribution is 9.10. The molecule has 1 heterocycles. The van der Waals surface area contributed by atoms with Crippen LogP contribution < -0.4 is 15.0 Å². The van der Waals surface area contributed by atoms with Gasteiger partial charge < -0.3 is 25.2 Å². The van der Waals surface area contributed by atoms with Crippen LogP contribution in [0.5, 0.6) is 11.5 Å². The van der Waals surface area contributed by atoms with Gasteiger partial charge in [0, 0.05) is 23.6 Å². The monoisotopic (exact) mass is 640 g/mol. The first-order valence-corrected chi connectivity index (χ1v) is 14.4. The number of para-hydroxylation sites is 2. The maximum absolute atomic E-state index is 13.9. The summed E-state index contributed by atoms with van der Waals surface area (Å²) in [6, 6.07) is 11.1. The van der Waals surface area contributed by atoms with Gasteiger partial charge in [-0.15, -0.1) is 11.6 Å². The number of nitrogens with zero attached hydrogens (tertiary/aromatic N) is 1. The summed E-state index contributed by atoms with van der Waals surface area (Å²) < 4.78 is 6.86. The van der Waals surface area contributed by atoms with Gasteiger partial charge >= 0.3 is 5.97 Å². The van der Waals surface area contributed by atoms with Crippen molar-refractivity contribution < 1.29 is 29.3 Å². The Morgan fingerprint density at radius 3 is 2.56 bits per heavy atom. The zero-order valence-electron chi connectivity index (χ0n) is 22.8. The Morgan fingerprint density at radius 1 is 1.15 bits per heavy atom. The molecule has 0 bridgehead atoms. The number of ketones is 1. The van der Waals surface area contributed by atoms with Crippen molar-refractivity contribution in [1.29, 1.82) is 0 Å². The van der Waals surface area contributed by atoms with E-state index in [-0.39, 0.29) is 34.7 Å². The summed E-state index contributed by atoms with van der Waals surface area (Å²) in [5.74, 6) is -1.95. The average molecular weight is 642 g/mol. The summed E-state index contributed by atoms with van der Waals surface area (Å²) in [7, 11) is 0. The molecule has 3 atom stereocenters. The van der Waals surface area contributed by atoms with Crippen LogP contribution in [-0.4, -0.2) is 38.8 Å². The summed E-state index contributed by atoms with van der Waals surface area (Å²) in [5.41, 5.74) is 1.04. The van der Waals surface area contributed by atoms with E-state index in [1.807, 2.05) is 38.1 Å². The highest BCUT2D eigenvalue weighted by Crippen LogP contribution is 2.50. The number of phenols is 1. The Bertz CT molecular complexity index is 1540. The molecule has 2 aromatic rings. The van der Waals surface area contributed by atoms with Gasteiger partial charge in [-0.25, -0.2) is 0 Å².